The predicted molar refractivity (Wildman–Crippen MR) is 63.4 cm³/mol. The first-order valence-electron chi connectivity index (χ1n) is 6.02. The van der Waals surface area contributed by atoms with Crippen LogP contribution < -0.4 is 10.5 Å². The lowest BCUT2D eigenvalue weighted by molar-refractivity contribution is 0.248. The van der Waals surface area contributed by atoms with Crippen LogP contribution in [0.15, 0.2) is 6.20 Å². The minimum atomic E-state index is 0.0635. The van der Waals surface area contributed by atoms with Gasteiger partial charge in [0.1, 0.15) is 0 Å². The second-order valence-corrected chi connectivity index (χ2v) is 4.85. The van der Waals surface area contributed by atoms with E-state index in [4.69, 9.17) is 10.5 Å². The van der Waals surface area contributed by atoms with Crippen LogP contribution in [-0.4, -0.2) is 16.9 Å². The Morgan fingerprint density at radius 3 is 2.62 bits per heavy atom. The third-order valence-corrected chi connectivity index (χ3v) is 3.48. The van der Waals surface area contributed by atoms with Gasteiger partial charge in [0.15, 0.2) is 5.75 Å². The summed E-state index contributed by atoms with van der Waals surface area (Å²) in [6.45, 7) is 4.23. The fourth-order valence-corrected chi connectivity index (χ4v) is 2.26. The molecule has 2 N–H and O–H groups in total. The largest absolute Gasteiger partial charge is 0.493 e. The molecule has 1 aliphatic rings. The van der Waals surface area contributed by atoms with E-state index in [0.29, 0.717) is 12.0 Å². The smallest absolute Gasteiger partial charge is 0.161 e. The van der Waals surface area contributed by atoms with Crippen LogP contribution in [-0.2, 0) is 0 Å². The van der Waals surface area contributed by atoms with Crippen molar-refractivity contribution < 1.29 is 4.74 Å². The second-order valence-electron chi connectivity index (χ2n) is 4.85. The minimum absolute atomic E-state index is 0.0635. The van der Waals surface area contributed by atoms with Crippen molar-refractivity contribution in [1.82, 2.24) is 9.78 Å². The molecule has 1 heterocycles. The summed E-state index contributed by atoms with van der Waals surface area (Å²) in [5.74, 6) is 1.43. The number of rotatable bonds is 4. The van der Waals surface area contributed by atoms with E-state index in [1.807, 2.05) is 4.68 Å². The molecule has 1 saturated carbocycles. The summed E-state index contributed by atoms with van der Waals surface area (Å²) < 4.78 is 7.34. The fourth-order valence-electron chi connectivity index (χ4n) is 2.26. The highest BCUT2D eigenvalue weighted by Gasteiger charge is 2.30. The Bertz CT molecular complexity index is 355. The van der Waals surface area contributed by atoms with E-state index in [0.717, 1.165) is 11.4 Å². The number of aromatic nitrogens is 2. The highest BCUT2D eigenvalue weighted by Crippen LogP contribution is 2.39. The number of methoxy groups -OCH3 is 1. The summed E-state index contributed by atoms with van der Waals surface area (Å²) in [5.41, 5.74) is 7.38. The lowest BCUT2D eigenvalue weighted by Gasteiger charge is -2.32. The van der Waals surface area contributed by atoms with Gasteiger partial charge in [-0.1, -0.05) is 6.42 Å². The molecule has 0 bridgehead atoms. The molecular weight excluding hydrogens is 202 g/mol. The van der Waals surface area contributed by atoms with Gasteiger partial charge in [-0.15, -0.1) is 0 Å². The first-order chi connectivity index (χ1) is 7.65. The van der Waals surface area contributed by atoms with Crippen molar-refractivity contribution in [2.45, 2.75) is 45.2 Å². The number of hydrogen-bond acceptors (Lipinski definition) is 3. The molecule has 1 aliphatic carbocycles. The Balaban J connectivity index is 2.31. The van der Waals surface area contributed by atoms with Crippen molar-refractivity contribution in [3.8, 4) is 5.75 Å². The molecule has 16 heavy (non-hydrogen) atoms. The normalized spacial score (nSPS) is 18.6. The highest BCUT2D eigenvalue weighted by molar-refractivity contribution is 5.29. The minimum Gasteiger partial charge on any atom is -0.493 e. The maximum atomic E-state index is 6.32. The summed E-state index contributed by atoms with van der Waals surface area (Å²) in [6.07, 6.45) is 5.53. The Morgan fingerprint density at radius 2 is 2.19 bits per heavy atom. The van der Waals surface area contributed by atoms with Crippen molar-refractivity contribution in [2.75, 3.05) is 7.11 Å². The van der Waals surface area contributed by atoms with Crippen LogP contribution in [0.4, 0.5) is 0 Å². The van der Waals surface area contributed by atoms with E-state index >= 15 is 0 Å². The molecule has 0 saturated heterocycles. The maximum absolute atomic E-state index is 6.32. The molecule has 4 heteroatoms. The number of nitrogens with zero attached hydrogens (tertiary/aromatic N) is 2. The summed E-state index contributed by atoms with van der Waals surface area (Å²) in [4.78, 5) is 0. The van der Waals surface area contributed by atoms with E-state index in [1.165, 1.54) is 19.3 Å². The molecule has 0 aliphatic heterocycles. The number of nitrogens with two attached hydrogens (primary N) is 1. The standard InChI is InChI=1S/C12H21N3O/c1-8(2)15-12(10(16-3)7-14-15)11(13)9-5-4-6-9/h7-9,11H,4-6,13H2,1-3H3. The molecule has 1 aromatic rings. The van der Waals surface area contributed by atoms with Crippen LogP contribution in [0.25, 0.3) is 0 Å². The van der Waals surface area contributed by atoms with E-state index in [2.05, 4.69) is 18.9 Å². The van der Waals surface area contributed by atoms with Crippen LogP contribution in [0.2, 0.25) is 0 Å². The molecule has 90 valence electrons. The van der Waals surface area contributed by atoms with Crippen LogP contribution >= 0.6 is 0 Å². The molecule has 1 fully saturated rings. The van der Waals surface area contributed by atoms with Crippen LogP contribution in [0.3, 0.4) is 0 Å². The number of hydrogen-bond donors (Lipinski definition) is 1. The molecule has 1 aromatic heterocycles. The van der Waals surface area contributed by atoms with Crippen molar-refractivity contribution in [3.05, 3.63) is 11.9 Å². The van der Waals surface area contributed by atoms with Gasteiger partial charge in [0, 0.05) is 6.04 Å². The Labute approximate surface area is 96.8 Å². The van der Waals surface area contributed by atoms with Gasteiger partial charge in [-0.05, 0) is 32.6 Å². The van der Waals surface area contributed by atoms with Gasteiger partial charge < -0.3 is 10.5 Å². The van der Waals surface area contributed by atoms with Crippen molar-refractivity contribution in [3.63, 3.8) is 0 Å². The third-order valence-electron chi connectivity index (χ3n) is 3.48. The second kappa shape index (κ2) is 4.45. The molecule has 0 spiro atoms. The lowest BCUT2D eigenvalue weighted by Crippen LogP contribution is -2.29. The Morgan fingerprint density at radius 1 is 1.50 bits per heavy atom. The van der Waals surface area contributed by atoms with Crippen molar-refractivity contribution in [2.24, 2.45) is 11.7 Å². The molecule has 4 nitrogen and oxygen atoms in total. The maximum Gasteiger partial charge on any atom is 0.161 e. The molecule has 2 rings (SSSR count). The Kier molecular flexibility index (Phi) is 3.19. The van der Waals surface area contributed by atoms with Gasteiger partial charge in [-0.25, -0.2) is 0 Å². The fraction of sp³-hybridized carbons (Fsp3) is 0.750. The summed E-state index contributed by atoms with van der Waals surface area (Å²) >= 11 is 0. The van der Waals surface area contributed by atoms with Crippen LogP contribution in [0, 0.1) is 5.92 Å². The van der Waals surface area contributed by atoms with Gasteiger partial charge in [-0.3, -0.25) is 4.68 Å². The van der Waals surface area contributed by atoms with E-state index < -0.39 is 0 Å². The SMILES string of the molecule is COc1cnn(C(C)C)c1C(N)C1CCC1. The van der Waals surface area contributed by atoms with Gasteiger partial charge >= 0.3 is 0 Å². The summed E-state index contributed by atoms with van der Waals surface area (Å²) in [5, 5.41) is 4.36. The average molecular weight is 223 g/mol. The Hall–Kier alpha value is -1.03. The first kappa shape index (κ1) is 11.5. The van der Waals surface area contributed by atoms with Gasteiger partial charge in [-0.2, -0.15) is 5.10 Å². The average Bonchev–Trinajstić information content (AvgIpc) is 2.57. The van der Waals surface area contributed by atoms with Gasteiger partial charge in [0.05, 0.1) is 25.0 Å². The topological polar surface area (TPSA) is 53.1 Å². The summed E-state index contributed by atoms with van der Waals surface area (Å²) in [7, 11) is 1.68. The lowest BCUT2D eigenvalue weighted by atomic mass is 9.79. The van der Waals surface area contributed by atoms with Crippen molar-refractivity contribution >= 4 is 0 Å². The molecule has 1 atom stereocenters. The van der Waals surface area contributed by atoms with E-state index in [-0.39, 0.29) is 6.04 Å². The highest BCUT2D eigenvalue weighted by atomic mass is 16.5. The quantitative estimate of drug-likeness (QED) is 0.852. The zero-order valence-electron chi connectivity index (χ0n) is 10.3. The predicted octanol–water partition coefficient (Wildman–Crippen LogP) is 2.27. The molecule has 0 aromatic carbocycles. The zero-order valence-corrected chi connectivity index (χ0v) is 10.3. The monoisotopic (exact) mass is 223 g/mol. The van der Waals surface area contributed by atoms with Gasteiger partial charge in [0.25, 0.3) is 0 Å². The van der Waals surface area contributed by atoms with Crippen LogP contribution in [0.5, 0.6) is 5.75 Å². The molecule has 1 unspecified atom stereocenters. The van der Waals surface area contributed by atoms with Crippen LogP contribution in [0.1, 0.15) is 50.9 Å². The summed E-state index contributed by atoms with van der Waals surface area (Å²) in [6, 6.07) is 0.388. The molecular formula is C12H21N3O. The molecule has 0 radical (unpaired) electrons. The van der Waals surface area contributed by atoms with E-state index in [9.17, 15) is 0 Å². The van der Waals surface area contributed by atoms with E-state index in [1.54, 1.807) is 13.3 Å². The molecule has 0 amide bonds. The van der Waals surface area contributed by atoms with Gasteiger partial charge in [0.2, 0.25) is 0 Å². The van der Waals surface area contributed by atoms with Crippen molar-refractivity contribution in [1.29, 1.82) is 0 Å². The number of ether oxygens (including phenoxy) is 1. The third kappa shape index (κ3) is 1.82. The first-order valence-corrected chi connectivity index (χ1v) is 6.02. The zero-order chi connectivity index (χ0) is 11.7.